The minimum atomic E-state index is -0.987. The van der Waals surface area contributed by atoms with Crippen molar-refractivity contribution in [2.24, 2.45) is 0 Å². The number of ether oxygens (including phenoxy) is 1. The van der Waals surface area contributed by atoms with Crippen LogP contribution in [0.4, 0.5) is 0 Å². The van der Waals surface area contributed by atoms with Gasteiger partial charge in [-0.05, 0) is 13.0 Å². The van der Waals surface area contributed by atoms with E-state index >= 15 is 0 Å². The second-order valence-corrected chi connectivity index (χ2v) is 6.47. The number of nitrogens with zero attached hydrogens (tertiary/aromatic N) is 2. The Labute approximate surface area is 155 Å². The van der Waals surface area contributed by atoms with Gasteiger partial charge in [0, 0.05) is 50.1 Å². The molecule has 1 fully saturated rings. The van der Waals surface area contributed by atoms with Gasteiger partial charge in [0.25, 0.3) is 5.91 Å². The molecule has 1 aliphatic rings. The molecule has 27 heavy (non-hydrogen) atoms. The Morgan fingerprint density at radius 2 is 1.70 bits per heavy atom. The first-order valence-electron chi connectivity index (χ1n) is 8.74. The lowest BCUT2D eigenvalue weighted by Crippen LogP contribution is -2.52. The number of hydrogen-bond donors (Lipinski definition) is 1. The summed E-state index contributed by atoms with van der Waals surface area (Å²) in [5.41, 5.74) is 0.228. The van der Waals surface area contributed by atoms with E-state index in [0.717, 1.165) is 0 Å². The van der Waals surface area contributed by atoms with E-state index in [2.05, 4.69) is 4.98 Å². The van der Waals surface area contributed by atoms with Crippen LogP contribution < -0.4 is 5.56 Å². The molecule has 8 nitrogen and oxygen atoms in total. The van der Waals surface area contributed by atoms with Crippen molar-refractivity contribution in [1.29, 1.82) is 0 Å². The van der Waals surface area contributed by atoms with Gasteiger partial charge in [-0.3, -0.25) is 14.4 Å². The highest BCUT2D eigenvalue weighted by Crippen LogP contribution is 2.17. The normalized spacial score (nSPS) is 15.5. The van der Waals surface area contributed by atoms with Crippen molar-refractivity contribution < 1.29 is 19.1 Å². The third-order valence-electron chi connectivity index (χ3n) is 4.64. The highest BCUT2D eigenvalue weighted by atomic mass is 16.5. The van der Waals surface area contributed by atoms with Gasteiger partial charge < -0.3 is 19.5 Å². The molecule has 0 aliphatic carbocycles. The quantitative estimate of drug-likeness (QED) is 0.803. The van der Waals surface area contributed by atoms with Crippen molar-refractivity contribution in [3.63, 3.8) is 0 Å². The number of piperazine rings is 1. The maximum absolute atomic E-state index is 12.6. The zero-order valence-corrected chi connectivity index (χ0v) is 15.2. The van der Waals surface area contributed by atoms with Crippen LogP contribution in [-0.2, 0) is 14.3 Å². The molecule has 1 unspecified atom stereocenters. The molecule has 1 aromatic carbocycles. The number of aromatic amines is 1. The van der Waals surface area contributed by atoms with Crippen LogP contribution in [-0.4, -0.2) is 64.9 Å². The Morgan fingerprint density at radius 1 is 1.07 bits per heavy atom. The fourth-order valence-electron chi connectivity index (χ4n) is 3.15. The number of nitrogens with one attached hydrogen (secondary N) is 1. The van der Waals surface area contributed by atoms with Crippen molar-refractivity contribution in [3.05, 3.63) is 46.2 Å². The predicted molar refractivity (Wildman–Crippen MR) is 98.3 cm³/mol. The van der Waals surface area contributed by atoms with Crippen LogP contribution in [0.5, 0.6) is 0 Å². The number of rotatable bonds is 3. The SMILES string of the molecule is CC(=O)N1CCN(C(=O)C(C)OC(=O)c2cc(=O)[nH]c3ccccc23)CC1. The van der Waals surface area contributed by atoms with Gasteiger partial charge in [0.15, 0.2) is 6.10 Å². The summed E-state index contributed by atoms with van der Waals surface area (Å²) in [6.45, 7) is 4.71. The minimum Gasteiger partial charge on any atom is -0.449 e. The number of pyridine rings is 1. The molecule has 2 amide bonds. The maximum atomic E-state index is 12.6. The number of carbonyl (C=O) groups is 3. The first kappa shape index (κ1) is 18.6. The highest BCUT2D eigenvalue weighted by molar-refractivity contribution is 6.03. The summed E-state index contributed by atoms with van der Waals surface area (Å²) in [7, 11) is 0. The average Bonchev–Trinajstić information content (AvgIpc) is 2.66. The van der Waals surface area contributed by atoms with Crippen molar-refractivity contribution >= 4 is 28.7 Å². The summed E-state index contributed by atoms with van der Waals surface area (Å²) < 4.78 is 5.33. The van der Waals surface area contributed by atoms with Gasteiger partial charge in [-0.1, -0.05) is 18.2 Å². The minimum absolute atomic E-state index is 0.0252. The largest absolute Gasteiger partial charge is 0.449 e. The van der Waals surface area contributed by atoms with E-state index in [1.165, 1.54) is 19.9 Å². The number of carbonyl (C=O) groups excluding carboxylic acids is 3. The van der Waals surface area contributed by atoms with E-state index < -0.39 is 17.6 Å². The first-order valence-corrected chi connectivity index (χ1v) is 8.74. The second kappa shape index (κ2) is 7.61. The van der Waals surface area contributed by atoms with Crippen LogP contribution in [0.15, 0.2) is 35.1 Å². The molecule has 1 aromatic heterocycles. The molecule has 0 radical (unpaired) electrons. The predicted octanol–water partition coefficient (Wildman–Crippen LogP) is 0.764. The first-order chi connectivity index (χ1) is 12.9. The summed E-state index contributed by atoms with van der Waals surface area (Å²) in [5.74, 6) is -1.07. The molecule has 0 spiro atoms. The summed E-state index contributed by atoms with van der Waals surface area (Å²) in [6, 6.07) is 8.07. The van der Waals surface area contributed by atoms with E-state index in [-0.39, 0.29) is 17.4 Å². The second-order valence-electron chi connectivity index (χ2n) is 6.47. The number of hydrogen-bond acceptors (Lipinski definition) is 5. The topological polar surface area (TPSA) is 99.8 Å². The molecule has 3 rings (SSSR count). The molecule has 1 atom stereocenters. The molecule has 8 heteroatoms. The fraction of sp³-hybridized carbons (Fsp3) is 0.368. The van der Waals surface area contributed by atoms with E-state index in [9.17, 15) is 19.2 Å². The Hall–Kier alpha value is -3.16. The van der Waals surface area contributed by atoms with E-state index in [1.807, 2.05) is 0 Å². The molecule has 1 N–H and O–H groups in total. The highest BCUT2D eigenvalue weighted by Gasteiger charge is 2.28. The third kappa shape index (κ3) is 3.99. The number of esters is 1. The van der Waals surface area contributed by atoms with E-state index in [0.29, 0.717) is 37.1 Å². The molecule has 1 aliphatic heterocycles. The lowest BCUT2D eigenvalue weighted by molar-refractivity contribution is -0.144. The number of benzene rings is 1. The van der Waals surface area contributed by atoms with Crippen LogP contribution >= 0.6 is 0 Å². The monoisotopic (exact) mass is 371 g/mol. The van der Waals surface area contributed by atoms with Crippen molar-refractivity contribution in [2.75, 3.05) is 26.2 Å². The van der Waals surface area contributed by atoms with E-state index in [4.69, 9.17) is 4.74 Å². The lowest BCUT2D eigenvalue weighted by atomic mass is 10.1. The summed E-state index contributed by atoms with van der Waals surface area (Å²) in [6.07, 6.45) is -0.987. The smallest absolute Gasteiger partial charge is 0.339 e. The van der Waals surface area contributed by atoms with Crippen molar-refractivity contribution in [3.8, 4) is 0 Å². The van der Waals surface area contributed by atoms with Crippen LogP contribution in [0.25, 0.3) is 10.9 Å². The van der Waals surface area contributed by atoms with Crippen LogP contribution in [0, 0.1) is 0 Å². The van der Waals surface area contributed by atoms with Gasteiger partial charge in [-0.2, -0.15) is 0 Å². The summed E-state index contributed by atoms with van der Waals surface area (Å²) >= 11 is 0. The maximum Gasteiger partial charge on any atom is 0.339 e. The number of fused-ring (bicyclic) bond motifs is 1. The van der Waals surface area contributed by atoms with Gasteiger partial charge in [0.05, 0.1) is 5.56 Å². The van der Waals surface area contributed by atoms with Crippen LogP contribution in [0.3, 0.4) is 0 Å². The van der Waals surface area contributed by atoms with Gasteiger partial charge >= 0.3 is 5.97 Å². The molecule has 142 valence electrons. The van der Waals surface area contributed by atoms with Gasteiger partial charge in [-0.15, -0.1) is 0 Å². The van der Waals surface area contributed by atoms with E-state index in [1.54, 1.807) is 34.1 Å². The molecule has 2 heterocycles. The third-order valence-corrected chi connectivity index (χ3v) is 4.64. The fourth-order valence-corrected chi connectivity index (χ4v) is 3.15. The Kier molecular flexibility index (Phi) is 5.25. The molecule has 2 aromatic rings. The van der Waals surface area contributed by atoms with Crippen LogP contribution in [0.1, 0.15) is 24.2 Å². The standard InChI is InChI=1S/C19H21N3O5/c1-12(18(25)22-9-7-21(8-10-22)13(2)23)27-19(26)15-11-17(24)20-16-6-4-3-5-14(15)16/h3-6,11-12H,7-10H2,1-2H3,(H,20,24). The van der Waals surface area contributed by atoms with Gasteiger partial charge in [0.1, 0.15) is 0 Å². The Morgan fingerprint density at radius 3 is 2.37 bits per heavy atom. The number of aromatic nitrogens is 1. The molecule has 0 bridgehead atoms. The van der Waals surface area contributed by atoms with Gasteiger partial charge in [0.2, 0.25) is 11.5 Å². The molecule has 1 saturated heterocycles. The lowest BCUT2D eigenvalue weighted by Gasteiger charge is -2.35. The number of para-hydroxylation sites is 1. The van der Waals surface area contributed by atoms with Crippen molar-refractivity contribution in [1.82, 2.24) is 14.8 Å². The molecular weight excluding hydrogens is 350 g/mol. The molecular formula is C19H21N3O5. The zero-order valence-electron chi connectivity index (χ0n) is 15.2. The number of amides is 2. The molecule has 0 saturated carbocycles. The average molecular weight is 371 g/mol. The zero-order chi connectivity index (χ0) is 19.6. The summed E-state index contributed by atoms with van der Waals surface area (Å²) in [4.78, 5) is 54.2. The summed E-state index contributed by atoms with van der Waals surface area (Å²) in [5, 5.41) is 0.553. The van der Waals surface area contributed by atoms with Crippen molar-refractivity contribution in [2.45, 2.75) is 20.0 Å². The Balaban J connectivity index is 1.70. The number of H-pyrrole nitrogens is 1. The van der Waals surface area contributed by atoms with Crippen LogP contribution in [0.2, 0.25) is 0 Å². The Bertz CT molecular complexity index is 944. The van der Waals surface area contributed by atoms with Gasteiger partial charge in [-0.25, -0.2) is 4.79 Å².